The van der Waals surface area contributed by atoms with Gasteiger partial charge in [0.2, 0.25) is 12.6 Å². The van der Waals surface area contributed by atoms with Crippen LogP contribution in [0.4, 0.5) is 5.69 Å². The molecule has 7 nitrogen and oxygen atoms in total. The number of para-hydroxylation sites is 3. The molecule has 0 saturated heterocycles. The molecule has 0 aliphatic heterocycles. The monoisotopic (exact) mass is 477 g/mol. The lowest BCUT2D eigenvalue weighted by Gasteiger charge is -2.34. The average Bonchev–Trinajstić information content (AvgIpc) is 2.85. The van der Waals surface area contributed by atoms with Gasteiger partial charge in [-0.2, -0.15) is 0 Å². The number of carbonyl (C=O) groups is 2. The largest absolute Gasteiger partial charge is 0.455 e. The first-order valence-corrected chi connectivity index (χ1v) is 11.5. The highest BCUT2D eigenvalue weighted by molar-refractivity contribution is 5.86. The molecule has 0 fully saturated rings. The molecule has 3 aromatic carbocycles. The minimum atomic E-state index is -0.813. The third kappa shape index (κ3) is 7.50. The molecule has 3 aromatic rings. The molecule has 3 rings (SSSR count). The smallest absolute Gasteiger partial charge is 0.331 e. The molecule has 0 spiro atoms. The lowest BCUT2D eigenvalue weighted by molar-refractivity contribution is -0.164. The Hall–Kier alpha value is -4.00. The van der Waals surface area contributed by atoms with Crippen molar-refractivity contribution in [3.63, 3.8) is 0 Å². The van der Waals surface area contributed by atoms with Gasteiger partial charge in [-0.3, -0.25) is 0 Å². The summed E-state index contributed by atoms with van der Waals surface area (Å²) in [6, 6.07) is 25.8. The summed E-state index contributed by atoms with van der Waals surface area (Å²) in [6.07, 6.45) is -1.63. The molecule has 0 aliphatic carbocycles. The van der Waals surface area contributed by atoms with Crippen LogP contribution >= 0.6 is 0 Å². The fourth-order valence-electron chi connectivity index (χ4n) is 3.56. The van der Waals surface area contributed by atoms with E-state index in [1.807, 2.05) is 66.7 Å². The molecular formula is C28H31NO6. The van der Waals surface area contributed by atoms with Gasteiger partial charge in [-0.05, 0) is 50.2 Å². The normalized spacial score (nSPS) is 14.1. The Bertz CT molecular complexity index is 993. The Labute approximate surface area is 206 Å². The van der Waals surface area contributed by atoms with Crippen LogP contribution in [0.5, 0.6) is 11.5 Å². The molecule has 0 N–H and O–H groups in total. The first-order valence-electron chi connectivity index (χ1n) is 11.5. The molecule has 7 heteroatoms. The molecule has 4 atom stereocenters. The summed E-state index contributed by atoms with van der Waals surface area (Å²) in [7, 11) is 0. The maximum Gasteiger partial charge on any atom is 0.331 e. The van der Waals surface area contributed by atoms with Crippen molar-refractivity contribution in [1.29, 1.82) is 0 Å². The zero-order valence-corrected chi connectivity index (χ0v) is 20.4. The molecular weight excluding hydrogens is 446 g/mol. The third-order valence-electron chi connectivity index (χ3n) is 5.23. The summed E-state index contributed by atoms with van der Waals surface area (Å²) in [5, 5.41) is 0. The third-order valence-corrected chi connectivity index (χ3v) is 5.23. The van der Waals surface area contributed by atoms with Crippen molar-refractivity contribution in [2.24, 2.45) is 0 Å². The Balaban J connectivity index is 1.69. The maximum absolute atomic E-state index is 13.0. The van der Waals surface area contributed by atoms with E-state index in [1.54, 1.807) is 56.9 Å². The van der Waals surface area contributed by atoms with E-state index >= 15 is 0 Å². The summed E-state index contributed by atoms with van der Waals surface area (Å²) < 4.78 is 22.4. The van der Waals surface area contributed by atoms with Crippen molar-refractivity contribution in [2.75, 3.05) is 4.90 Å². The molecule has 0 aliphatic rings. The van der Waals surface area contributed by atoms with Crippen LogP contribution in [0.25, 0.3) is 0 Å². The van der Waals surface area contributed by atoms with Crippen LogP contribution in [0.15, 0.2) is 91.0 Å². The summed E-state index contributed by atoms with van der Waals surface area (Å²) >= 11 is 0. The van der Waals surface area contributed by atoms with E-state index in [9.17, 15) is 9.59 Å². The van der Waals surface area contributed by atoms with Gasteiger partial charge in [0.25, 0.3) is 0 Å². The number of hydrogen-bond acceptors (Lipinski definition) is 7. The molecule has 0 heterocycles. The highest BCUT2D eigenvalue weighted by Crippen LogP contribution is 2.23. The van der Waals surface area contributed by atoms with Crippen LogP contribution < -0.4 is 14.4 Å². The number of nitrogens with zero attached hydrogens (tertiary/aromatic N) is 1. The number of ether oxygens (including phenoxy) is 4. The predicted octanol–water partition coefficient (Wildman–Crippen LogP) is 5.21. The Morgan fingerprint density at radius 2 is 0.914 bits per heavy atom. The minimum Gasteiger partial charge on any atom is -0.455 e. The van der Waals surface area contributed by atoms with Crippen molar-refractivity contribution in [1.82, 2.24) is 0 Å². The van der Waals surface area contributed by atoms with Crippen LogP contribution in [0.2, 0.25) is 0 Å². The zero-order chi connectivity index (χ0) is 25.2. The molecule has 0 bridgehead atoms. The number of carbonyl (C=O) groups excluding carboxylic acids is 2. The van der Waals surface area contributed by atoms with Gasteiger partial charge in [0.15, 0.2) is 0 Å². The van der Waals surface area contributed by atoms with Crippen LogP contribution in [-0.4, -0.2) is 36.6 Å². The quantitative estimate of drug-likeness (QED) is 0.277. The topological polar surface area (TPSA) is 74.3 Å². The second kappa shape index (κ2) is 12.5. The van der Waals surface area contributed by atoms with Crippen molar-refractivity contribution >= 4 is 17.6 Å². The van der Waals surface area contributed by atoms with Gasteiger partial charge < -0.3 is 23.8 Å². The fourth-order valence-corrected chi connectivity index (χ4v) is 3.56. The highest BCUT2D eigenvalue weighted by Gasteiger charge is 2.33. The van der Waals surface area contributed by atoms with Crippen molar-refractivity contribution in [2.45, 2.75) is 52.4 Å². The van der Waals surface area contributed by atoms with Gasteiger partial charge in [0.05, 0.1) is 0 Å². The standard InChI is InChI=1S/C28H31NO6/c1-20(27(30)34-22(3)32-25-16-10-6-11-17-25)29(24-14-8-5-9-15-24)21(2)28(31)35-23(4)33-26-18-12-7-13-19-26/h5-23H,1-4H3. The zero-order valence-electron chi connectivity index (χ0n) is 20.4. The second-order valence-corrected chi connectivity index (χ2v) is 7.97. The number of esters is 2. The Morgan fingerprint density at radius 1 is 0.571 bits per heavy atom. The van der Waals surface area contributed by atoms with E-state index in [-0.39, 0.29) is 0 Å². The lowest BCUT2D eigenvalue weighted by atomic mass is 10.1. The number of benzene rings is 3. The van der Waals surface area contributed by atoms with Gasteiger partial charge >= 0.3 is 11.9 Å². The first-order chi connectivity index (χ1) is 16.8. The molecule has 0 radical (unpaired) electrons. The SMILES string of the molecule is CC(OC(=O)C(C)N(c1ccccc1)C(C)C(=O)OC(C)Oc1ccccc1)Oc1ccccc1. The van der Waals surface area contributed by atoms with E-state index in [2.05, 4.69) is 0 Å². The lowest BCUT2D eigenvalue weighted by Crippen LogP contribution is -2.50. The van der Waals surface area contributed by atoms with Gasteiger partial charge in [-0.1, -0.05) is 54.6 Å². The maximum atomic E-state index is 13.0. The summed E-state index contributed by atoms with van der Waals surface area (Å²) in [4.78, 5) is 27.7. The molecule has 0 amide bonds. The summed E-state index contributed by atoms with van der Waals surface area (Å²) in [5.41, 5.74) is 0.676. The average molecular weight is 478 g/mol. The van der Waals surface area contributed by atoms with Crippen LogP contribution in [-0.2, 0) is 19.1 Å². The van der Waals surface area contributed by atoms with Crippen LogP contribution in [0, 0.1) is 0 Å². The van der Waals surface area contributed by atoms with E-state index < -0.39 is 36.6 Å². The summed E-state index contributed by atoms with van der Waals surface area (Å²) in [6.45, 7) is 6.64. The first kappa shape index (κ1) is 25.6. The molecule has 35 heavy (non-hydrogen) atoms. The van der Waals surface area contributed by atoms with Crippen molar-refractivity contribution < 1.29 is 28.5 Å². The highest BCUT2D eigenvalue weighted by atomic mass is 16.7. The second-order valence-electron chi connectivity index (χ2n) is 7.97. The van der Waals surface area contributed by atoms with Crippen molar-refractivity contribution in [3.05, 3.63) is 91.0 Å². The van der Waals surface area contributed by atoms with E-state index in [1.165, 1.54) is 0 Å². The number of hydrogen-bond donors (Lipinski definition) is 0. The van der Waals surface area contributed by atoms with Crippen molar-refractivity contribution in [3.8, 4) is 11.5 Å². The molecule has 4 unspecified atom stereocenters. The van der Waals surface area contributed by atoms with Gasteiger partial charge in [0.1, 0.15) is 23.6 Å². The molecule has 184 valence electrons. The van der Waals surface area contributed by atoms with Gasteiger partial charge in [-0.15, -0.1) is 0 Å². The van der Waals surface area contributed by atoms with E-state index in [4.69, 9.17) is 18.9 Å². The Kier molecular flexibility index (Phi) is 9.12. The van der Waals surface area contributed by atoms with Gasteiger partial charge in [0, 0.05) is 19.5 Å². The molecule has 0 aromatic heterocycles. The fraction of sp³-hybridized carbons (Fsp3) is 0.286. The number of anilines is 1. The Morgan fingerprint density at radius 3 is 1.29 bits per heavy atom. The summed E-state index contributed by atoms with van der Waals surface area (Å²) in [5.74, 6) is 0.102. The predicted molar refractivity (Wildman–Crippen MR) is 133 cm³/mol. The van der Waals surface area contributed by atoms with E-state index in [0.717, 1.165) is 0 Å². The van der Waals surface area contributed by atoms with E-state index in [0.29, 0.717) is 17.2 Å². The van der Waals surface area contributed by atoms with Crippen LogP contribution in [0.1, 0.15) is 27.7 Å². The van der Waals surface area contributed by atoms with Gasteiger partial charge in [-0.25, -0.2) is 9.59 Å². The molecule has 0 saturated carbocycles. The van der Waals surface area contributed by atoms with Crippen LogP contribution in [0.3, 0.4) is 0 Å². The minimum absolute atomic E-state index is 0.537. The number of rotatable bonds is 11.